The highest BCUT2D eigenvalue weighted by Gasteiger charge is 2.35. The molecule has 372 valence electrons. The Kier molecular flexibility index (Phi) is 21.3. The van der Waals surface area contributed by atoms with Crippen molar-refractivity contribution in [3.63, 3.8) is 0 Å². The summed E-state index contributed by atoms with van der Waals surface area (Å²) in [5, 5.41) is 51.1. The lowest BCUT2D eigenvalue weighted by Crippen LogP contribution is -2.61. The van der Waals surface area contributed by atoms with Crippen LogP contribution in [0.1, 0.15) is 76.0 Å². The van der Waals surface area contributed by atoms with E-state index in [4.69, 9.17) is 0 Å². The molecule has 2 bridgehead atoms. The normalized spacial score (nSPS) is 18.1. The van der Waals surface area contributed by atoms with Crippen LogP contribution in [0.15, 0.2) is 72.8 Å². The minimum atomic E-state index is -1.47. The Morgan fingerprint density at radius 1 is 0.725 bits per heavy atom. The van der Waals surface area contributed by atoms with E-state index < -0.39 is 89.5 Å². The van der Waals surface area contributed by atoms with Crippen molar-refractivity contribution in [2.75, 3.05) is 17.6 Å². The van der Waals surface area contributed by atoms with Gasteiger partial charge in [0, 0.05) is 57.0 Å². The average molecular weight is 975 g/mol. The second-order valence-electron chi connectivity index (χ2n) is 16.9. The van der Waals surface area contributed by atoms with Gasteiger partial charge in [-0.2, -0.15) is 12.6 Å². The van der Waals surface area contributed by atoms with E-state index in [1.807, 2.05) is 0 Å². The van der Waals surface area contributed by atoms with Crippen LogP contribution in [0.5, 0.6) is 11.5 Å². The second-order valence-corrected chi connectivity index (χ2v) is 17.3. The van der Waals surface area contributed by atoms with Gasteiger partial charge >= 0.3 is 5.97 Å². The quantitative estimate of drug-likeness (QED) is 0.0848. The van der Waals surface area contributed by atoms with Gasteiger partial charge in [-0.25, -0.2) is 4.79 Å². The first-order chi connectivity index (χ1) is 32.8. The summed E-state index contributed by atoms with van der Waals surface area (Å²) in [7, 11) is 0. The molecule has 2 heterocycles. The molecule has 0 aromatic heterocycles. The number of nitrogens with one attached hydrogen (secondary N) is 8. The lowest BCUT2D eigenvalue weighted by Gasteiger charge is -2.29. The molecule has 2 aliphatic heterocycles. The summed E-state index contributed by atoms with van der Waals surface area (Å²) in [6, 6.07) is 9.97. The van der Waals surface area contributed by atoms with E-state index >= 15 is 0 Å². The van der Waals surface area contributed by atoms with E-state index in [0.717, 1.165) is 0 Å². The van der Waals surface area contributed by atoms with Crippen LogP contribution in [-0.4, -0.2) is 117 Å². The zero-order chi connectivity index (χ0) is 50.6. The molecule has 0 spiro atoms. The zero-order valence-electron chi connectivity index (χ0n) is 38.7. The van der Waals surface area contributed by atoms with Crippen molar-refractivity contribution in [3.05, 3.63) is 89.5 Å². The average Bonchev–Trinajstić information content (AvgIpc) is 3.31. The first-order valence-corrected chi connectivity index (χ1v) is 23.3. The summed E-state index contributed by atoms with van der Waals surface area (Å²) in [5.41, 5.74) is 1.88. The van der Waals surface area contributed by atoms with Crippen molar-refractivity contribution < 1.29 is 58.5 Å². The van der Waals surface area contributed by atoms with Gasteiger partial charge in [-0.05, 0) is 78.3 Å². The number of benzene rings is 3. The molecule has 69 heavy (non-hydrogen) atoms. The van der Waals surface area contributed by atoms with E-state index in [-0.39, 0.29) is 74.6 Å². The minimum absolute atomic E-state index is 0.0441. The molecule has 0 saturated heterocycles. The molecular formula is C48H62N8O12S. The maximum atomic E-state index is 14.6. The number of fused-ring (bicyclic) bond motifs is 16. The minimum Gasteiger partial charge on any atom is -0.508 e. The number of thiol groups is 1. The number of amides is 8. The van der Waals surface area contributed by atoms with Crippen LogP contribution in [0.3, 0.4) is 0 Å². The Morgan fingerprint density at radius 3 is 1.87 bits per heavy atom. The van der Waals surface area contributed by atoms with Crippen LogP contribution in [0, 0.1) is 5.92 Å². The number of phenolic OH excluding ortho intramolecular Hbond substituents is 2. The van der Waals surface area contributed by atoms with Gasteiger partial charge in [0.1, 0.15) is 47.8 Å². The van der Waals surface area contributed by atoms with Crippen molar-refractivity contribution in [1.82, 2.24) is 37.2 Å². The summed E-state index contributed by atoms with van der Waals surface area (Å²) in [4.78, 5) is 120. The molecule has 5 rings (SSSR count). The van der Waals surface area contributed by atoms with Crippen LogP contribution in [-0.2, 0) is 62.4 Å². The number of hydrogen-bond donors (Lipinski definition) is 12. The van der Waals surface area contributed by atoms with Crippen LogP contribution in [0.2, 0.25) is 0 Å². The first kappa shape index (κ1) is 54.4. The third-order valence-corrected chi connectivity index (χ3v) is 11.8. The lowest BCUT2D eigenvalue weighted by molar-refractivity contribution is -0.142. The topological polar surface area (TPSA) is 311 Å². The van der Waals surface area contributed by atoms with Crippen LogP contribution in [0.25, 0.3) is 0 Å². The molecule has 20 nitrogen and oxygen atoms in total. The van der Waals surface area contributed by atoms with Crippen molar-refractivity contribution in [1.29, 1.82) is 0 Å². The number of carbonyl (C=O) groups is 9. The molecule has 11 N–H and O–H groups in total. The summed E-state index contributed by atoms with van der Waals surface area (Å²) < 4.78 is 0. The number of carboxylic acid groups (broad SMARTS) is 1. The zero-order valence-corrected chi connectivity index (χ0v) is 39.6. The molecular weight excluding hydrogens is 913 g/mol. The van der Waals surface area contributed by atoms with Crippen LogP contribution >= 0.6 is 12.6 Å². The number of aromatic hydroxyl groups is 2. The van der Waals surface area contributed by atoms with Crippen molar-refractivity contribution >= 4 is 71.5 Å². The van der Waals surface area contributed by atoms with Gasteiger partial charge in [-0.15, -0.1) is 0 Å². The molecule has 7 atom stereocenters. The van der Waals surface area contributed by atoms with E-state index in [1.165, 1.54) is 55.5 Å². The molecule has 3 aromatic carbocycles. The third kappa shape index (κ3) is 18.1. The van der Waals surface area contributed by atoms with E-state index in [2.05, 4.69) is 55.2 Å². The Balaban J connectivity index is 1.69. The molecule has 0 fully saturated rings. The van der Waals surface area contributed by atoms with Crippen molar-refractivity contribution in [2.45, 2.75) is 115 Å². The molecule has 0 unspecified atom stereocenters. The molecule has 0 saturated carbocycles. The largest absolute Gasteiger partial charge is 0.508 e. The maximum absolute atomic E-state index is 14.6. The van der Waals surface area contributed by atoms with Gasteiger partial charge in [-0.3, -0.25) is 38.4 Å². The molecule has 0 radical (unpaired) electrons. The van der Waals surface area contributed by atoms with Crippen molar-refractivity contribution in [3.8, 4) is 11.5 Å². The number of anilines is 1. The van der Waals surface area contributed by atoms with Gasteiger partial charge in [0.05, 0.1) is 0 Å². The van der Waals surface area contributed by atoms with Crippen molar-refractivity contribution in [2.24, 2.45) is 5.92 Å². The van der Waals surface area contributed by atoms with Gasteiger partial charge in [0.2, 0.25) is 47.3 Å². The fourth-order valence-electron chi connectivity index (χ4n) is 7.30. The lowest BCUT2D eigenvalue weighted by atomic mass is 9.96. The Hall–Kier alpha value is -7.16. The standard InChI is InChI=1S/C48H62N8O12S/c1-4-27(2)42(56-46(65)39(26-69)50-28(3)57)47(66)54-37-23-29-8-14-32(15-9-29)51-41(61)21-20-40(60)49-22-6-5-7-35(52-44(37)63)43(62)53-36(24-30-10-16-33(58)17-11-30)45(64)55-38(48(67)68)25-31-12-18-34(59)19-13-31/h8-19,27,35-39,42,58-59,69H,4-7,20-26H2,1-3H3,(H,49,60)(H,50,57)(H,51,61)(H,52,63)(H,53,62)(H,54,66)(H,55,64)(H,56,65)(H,67,68)/t27-,35+,36-,37-,38-,39-,42-/m0/s1. The predicted octanol–water partition coefficient (Wildman–Crippen LogP) is 1.13. The maximum Gasteiger partial charge on any atom is 0.326 e. The van der Waals surface area contributed by atoms with E-state index in [9.17, 15) is 58.5 Å². The number of rotatable bonds is 17. The van der Waals surface area contributed by atoms with E-state index in [1.54, 1.807) is 38.1 Å². The summed E-state index contributed by atoms with van der Waals surface area (Å²) in [5.74, 6) is -7.29. The van der Waals surface area contributed by atoms with Crippen LogP contribution in [0.4, 0.5) is 5.69 Å². The molecule has 8 amide bonds. The van der Waals surface area contributed by atoms with Gasteiger partial charge in [0.15, 0.2) is 0 Å². The molecule has 2 aliphatic rings. The Labute approximate surface area is 405 Å². The highest BCUT2D eigenvalue weighted by Crippen LogP contribution is 2.17. The first-order valence-electron chi connectivity index (χ1n) is 22.7. The smallest absolute Gasteiger partial charge is 0.326 e. The highest BCUT2D eigenvalue weighted by molar-refractivity contribution is 7.80. The molecule has 3 aromatic rings. The summed E-state index contributed by atoms with van der Waals surface area (Å²) >= 11 is 4.18. The summed E-state index contributed by atoms with van der Waals surface area (Å²) in [6.07, 6.45) is 0.243. The number of hydrogen-bond acceptors (Lipinski definition) is 12. The molecule has 0 aliphatic carbocycles. The highest BCUT2D eigenvalue weighted by atomic mass is 32.1. The number of carboxylic acids is 1. The fourth-order valence-corrected chi connectivity index (χ4v) is 7.55. The molecule has 21 heteroatoms. The van der Waals surface area contributed by atoms with Gasteiger partial charge < -0.3 is 57.9 Å². The monoisotopic (exact) mass is 974 g/mol. The van der Waals surface area contributed by atoms with Crippen LogP contribution < -0.4 is 42.5 Å². The van der Waals surface area contributed by atoms with Gasteiger partial charge in [-0.1, -0.05) is 56.7 Å². The number of phenols is 2. The second kappa shape index (κ2) is 27.0. The number of aliphatic carboxylic acids is 1. The SMILES string of the molecule is CC[C@H](C)[C@H](NC(=O)[C@H](CS)NC(C)=O)C(=O)N[C@H]1Cc2ccc(cc2)NC(=O)CCC(=O)NCCCC[C@H](C(=O)N[C@@H](Cc2ccc(O)cc2)C(=O)N[C@@H](Cc2ccc(O)cc2)C(=O)O)NC1=O. The van der Waals surface area contributed by atoms with Gasteiger partial charge in [0.25, 0.3) is 0 Å². The third-order valence-electron chi connectivity index (χ3n) is 11.4. The van der Waals surface area contributed by atoms with E-state index in [0.29, 0.717) is 35.2 Å². The Bertz CT molecular complexity index is 2280. The fraction of sp³-hybridized carbons (Fsp3) is 0.438. The predicted molar refractivity (Wildman–Crippen MR) is 257 cm³/mol. The number of carbonyl (C=O) groups excluding carboxylic acids is 8. The Morgan fingerprint density at radius 2 is 1.30 bits per heavy atom. The summed E-state index contributed by atoms with van der Waals surface area (Å²) in [6.45, 7) is 4.91.